The van der Waals surface area contributed by atoms with Crippen LogP contribution in [0, 0.1) is 0 Å². The molecule has 0 aliphatic heterocycles. The highest BCUT2D eigenvalue weighted by molar-refractivity contribution is 6.01. The van der Waals surface area contributed by atoms with E-state index in [1.165, 1.54) is 26.2 Å². The first kappa shape index (κ1) is 12.8. The lowest BCUT2D eigenvalue weighted by atomic mass is 10.1. The van der Waals surface area contributed by atoms with Gasteiger partial charge in [0.05, 0.1) is 12.7 Å². The van der Waals surface area contributed by atoms with Crippen LogP contribution in [0.1, 0.15) is 17.3 Å². The summed E-state index contributed by atoms with van der Waals surface area (Å²) in [7, 11) is 1.47. The van der Waals surface area contributed by atoms with Crippen LogP contribution in [0.5, 0.6) is 5.75 Å². The number of methoxy groups -OCH3 is 1. The Morgan fingerprint density at radius 1 is 1.47 bits per heavy atom. The number of hydrogen-bond donors (Lipinski definition) is 3. The Kier molecular flexibility index (Phi) is 3.92. The number of ether oxygens (including phenoxy) is 1. The second kappa shape index (κ2) is 5.20. The van der Waals surface area contributed by atoms with Crippen molar-refractivity contribution < 1.29 is 19.4 Å². The molecule has 0 radical (unpaired) electrons. The molecule has 6 heteroatoms. The number of nitrogen functional groups attached to an aromatic ring is 1. The Hall–Kier alpha value is -2.24. The van der Waals surface area contributed by atoms with E-state index >= 15 is 0 Å². The van der Waals surface area contributed by atoms with Crippen molar-refractivity contribution in [3.05, 3.63) is 23.8 Å². The van der Waals surface area contributed by atoms with Gasteiger partial charge < -0.3 is 20.9 Å². The number of hydrogen-bond acceptors (Lipinski definition) is 4. The number of carboxylic acids is 1. The van der Waals surface area contributed by atoms with Gasteiger partial charge in [0.2, 0.25) is 0 Å². The van der Waals surface area contributed by atoms with Crippen molar-refractivity contribution in [2.75, 3.05) is 12.8 Å². The third kappa shape index (κ3) is 3.10. The highest BCUT2D eigenvalue weighted by Crippen LogP contribution is 2.19. The summed E-state index contributed by atoms with van der Waals surface area (Å²) in [4.78, 5) is 22.3. The van der Waals surface area contributed by atoms with E-state index in [2.05, 4.69) is 5.32 Å². The largest absolute Gasteiger partial charge is 0.497 e. The number of aliphatic carboxylic acids is 1. The molecule has 0 fully saturated rings. The molecule has 0 spiro atoms. The Balaban J connectivity index is 2.91. The van der Waals surface area contributed by atoms with E-state index in [-0.39, 0.29) is 11.3 Å². The molecule has 0 saturated heterocycles. The first-order valence-corrected chi connectivity index (χ1v) is 4.93. The molecule has 0 aliphatic carbocycles. The van der Waals surface area contributed by atoms with E-state index in [1.807, 2.05) is 0 Å². The number of nitrogens with two attached hydrogens (primary N) is 1. The van der Waals surface area contributed by atoms with Crippen LogP contribution in [-0.2, 0) is 4.79 Å². The summed E-state index contributed by atoms with van der Waals surface area (Å²) < 4.78 is 4.96. The average molecular weight is 238 g/mol. The van der Waals surface area contributed by atoms with Gasteiger partial charge in [0.25, 0.3) is 5.91 Å². The SMILES string of the molecule is COc1ccc(N)c(C(=O)N[C@@H](C)C(=O)O)c1. The number of benzene rings is 1. The predicted octanol–water partition coefficient (Wildman–Crippen LogP) is 0.480. The van der Waals surface area contributed by atoms with Crippen molar-refractivity contribution in [2.24, 2.45) is 0 Å². The predicted molar refractivity (Wildman–Crippen MR) is 62.0 cm³/mol. The lowest BCUT2D eigenvalue weighted by Crippen LogP contribution is -2.38. The van der Waals surface area contributed by atoms with E-state index in [1.54, 1.807) is 6.07 Å². The third-order valence-corrected chi connectivity index (χ3v) is 2.22. The number of carboxylic acid groups (broad SMARTS) is 1. The molecule has 0 unspecified atom stereocenters. The van der Waals surface area contributed by atoms with Crippen LogP contribution in [0.2, 0.25) is 0 Å². The smallest absolute Gasteiger partial charge is 0.325 e. The Bertz CT molecular complexity index is 445. The molecule has 0 bridgehead atoms. The van der Waals surface area contributed by atoms with Crippen molar-refractivity contribution in [1.29, 1.82) is 0 Å². The average Bonchev–Trinajstić information content (AvgIpc) is 2.29. The van der Waals surface area contributed by atoms with Gasteiger partial charge in [0, 0.05) is 5.69 Å². The summed E-state index contributed by atoms with van der Waals surface area (Å²) in [5, 5.41) is 11.0. The molecule has 1 aromatic carbocycles. The number of rotatable bonds is 4. The lowest BCUT2D eigenvalue weighted by molar-refractivity contribution is -0.138. The highest BCUT2D eigenvalue weighted by atomic mass is 16.5. The molecule has 1 rings (SSSR count). The Labute approximate surface area is 98.4 Å². The zero-order valence-corrected chi connectivity index (χ0v) is 9.56. The summed E-state index contributed by atoms with van der Waals surface area (Å²) in [6.07, 6.45) is 0. The summed E-state index contributed by atoms with van der Waals surface area (Å²) in [5.74, 6) is -1.18. The maximum Gasteiger partial charge on any atom is 0.325 e. The second-order valence-corrected chi connectivity index (χ2v) is 3.49. The maximum absolute atomic E-state index is 11.7. The lowest BCUT2D eigenvalue weighted by Gasteiger charge is -2.11. The van der Waals surface area contributed by atoms with Gasteiger partial charge in [-0.3, -0.25) is 9.59 Å². The van der Waals surface area contributed by atoms with Crippen LogP contribution >= 0.6 is 0 Å². The van der Waals surface area contributed by atoms with Crippen molar-refractivity contribution in [3.63, 3.8) is 0 Å². The first-order chi connectivity index (χ1) is 7.95. The minimum atomic E-state index is -1.11. The number of carbonyl (C=O) groups is 2. The van der Waals surface area contributed by atoms with E-state index in [0.29, 0.717) is 5.75 Å². The van der Waals surface area contributed by atoms with Crippen LogP contribution in [0.15, 0.2) is 18.2 Å². The molecule has 92 valence electrons. The molecule has 1 aromatic rings. The Morgan fingerprint density at radius 2 is 2.12 bits per heavy atom. The standard InChI is InChI=1S/C11H14N2O4/c1-6(11(15)16)13-10(14)8-5-7(17-2)3-4-9(8)12/h3-6H,12H2,1-2H3,(H,13,14)(H,15,16)/t6-/m0/s1. The molecule has 4 N–H and O–H groups in total. The summed E-state index contributed by atoms with van der Waals surface area (Å²) >= 11 is 0. The molecule has 0 aliphatic rings. The van der Waals surface area contributed by atoms with E-state index < -0.39 is 17.9 Å². The monoisotopic (exact) mass is 238 g/mol. The zero-order chi connectivity index (χ0) is 13.0. The molecule has 1 amide bonds. The molecule has 0 saturated carbocycles. The minimum Gasteiger partial charge on any atom is -0.497 e. The number of anilines is 1. The van der Waals surface area contributed by atoms with E-state index in [4.69, 9.17) is 15.6 Å². The van der Waals surface area contributed by atoms with Gasteiger partial charge in [-0.05, 0) is 25.1 Å². The molecule has 1 atom stereocenters. The fraction of sp³-hybridized carbons (Fsp3) is 0.273. The van der Waals surface area contributed by atoms with Crippen molar-refractivity contribution in [3.8, 4) is 5.75 Å². The molecule has 6 nitrogen and oxygen atoms in total. The molecule has 17 heavy (non-hydrogen) atoms. The third-order valence-electron chi connectivity index (χ3n) is 2.22. The van der Waals surface area contributed by atoms with Gasteiger partial charge in [-0.15, -0.1) is 0 Å². The van der Waals surface area contributed by atoms with Gasteiger partial charge in [-0.25, -0.2) is 0 Å². The highest BCUT2D eigenvalue weighted by Gasteiger charge is 2.17. The van der Waals surface area contributed by atoms with Crippen LogP contribution in [0.4, 0.5) is 5.69 Å². The minimum absolute atomic E-state index is 0.192. The van der Waals surface area contributed by atoms with Gasteiger partial charge >= 0.3 is 5.97 Å². The van der Waals surface area contributed by atoms with Crippen molar-refractivity contribution in [1.82, 2.24) is 5.32 Å². The van der Waals surface area contributed by atoms with Crippen molar-refractivity contribution in [2.45, 2.75) is 13.0 Å². The van der Waals surface area contributed by atoms with Crippen LogP contribution < -0.4 is 15.8 Å². The molecule has 0 heterocycles. The number of amides is 1. The molecule has 0 aromatic heterocycles. The zero-order valence-electron chi connectivity index (χ0n) is 9.56. The van der Waals surface area contributed by atoms with E-state index in [9.17, 15) is 9.59 Å². The topological polar surface area (TPSA) is 102 Å². The van der Waals surface area contributed by atoms with Crippen LogP contribution in [0.3, 0.4) is 0 Å². The van der Waals surface area contributed by atoms with Crippen LogP contribution in [0.25, 0.3) is 0 Å². The summed E-state index contributed by atoms with van der Waals surface area (Å²) in [5.41, 5.74) is 6.09. The summed E-state index contributed by atoms with van der Waals surface area (Å²) in [6, 6.07) is 3.62. The van der Waals surface area contributed by atoms with Gasteiger partial charge in [0.1, 0.15) is 11.8 Å². The molecular formula is C11H14N2O4. The van der Waals surface area contributed by atoms with Gasteiger partial charge in [-0.1, -0.05) is 0 Å². The molecular weight excluding hydrogens is 224 g/mol. The number of nitrogens with one attached hydrogen (secondary N) is 1. The van der Waals surface area contributed by atoms with Crippen LogP contribution in [-0.4, -0.2) is 30.1 Å². The fourth-order valence-corrected chi connectivity index (χ4v) is 1.20. The summed E-state index contributed by atoms with van der Waals surface area (Å²) in [6.45, 7) is 1.37. The maximum atomic E-state index is 11.7. The van der Waals surface area contributed by atoms with E-state index in [0.717, 1.165) is 0 Å². The van der Waals surface area contributed by atoms with Gasteiger partial charge in [0.15, 0.2) is 0 Å². The number of carbonyl (C=O) groups excluding carboxylic acids is 1. The van der Waals surface area contributed by atoms with Gasteiger partial charge in [-0.2, -0.15) is 0 Å². The quantitative estimate of drug-likeness (QED) is 0.662. The van der Waals surface area contributed by atoms with Crippen molar-refractivity contribution >= 4 is 17.6 Å². The first-order valence-electron chi connectivity index (χ1n) is 4.93. The Morgan fingerprint density at radius 3 is 2.65 bits per heavy atom. The fourth-order valence-electron chi connectivity index (χ4n) is 1.20. The second-order valence-electron chi connectivity index (χ2n) is 3.49. The normalized spacial score (nSPS) is 11.6.